The van der Waals surface area contributed by atoms with Crippen LogP contribution in [0, 0.1) is 13.8 Å². The molecule has 5 heteroatoms. The summed E-state index contributed by atoms with van der Waals surface area (Å²) in [6, 6.07) is 8.61. The molecule has 0 spiro atoms. The third-order valence-electron chi connectivity index (χ3n) is 5.89. The summed E-state index contributed by atoms with van der Waals surface area (Å²) in [5.41, 5.74) is 3.72. The number of para-hydroxylation sites is 1. The maximum absolute atomic E-state index is 13.3. The molecule has 1 aromatic heterocycles. The van der Waals surface area contributed by atoms with Crippen molar-refractivity contribution in [3.05, 3.63) is 41.1 Å². The minimum atomic E-state index is 0.125. The van der Waals surface area contributed by atoms with Crippen molar-refractivity contribution in [1.82, 2.24) is 19.7 Å². The van der Waals surface area contributed by atoms with Crippen LogP contribution in [0.1, 0.15) is 40.9 Å². The zero-order chi connectivity index (χ0) is 20.3. The number of piperidine rings is 1. The standard InChI is InChI=1S/C23H34N4O/c1-17-9-6-10-19-15-21(18(2)24-22(17)19)23(28)27-14-7-11-20(16-27)26(5)13-8-12-25(3)4/h6,9-10,15,20H,7-8,11-14,16H2,1-5H3/t20-/m0/s1. The summed E-state index contributed by atoms with van der Waals surface area (Å²) in [7, 11) is 6.42. The third-order valence-corrected chi connectivity index (χ3v) is 5.89. The molecule has 1 aliphatic heterocycles. The number of aromatic nitrogens is 1. The van der Waals surface area contributed by atoms with Crippen molar-refractivity contribution >= 4 is 16.8 Å². The van der Waals surface area contributed by atoms with Gasteiger partial charge in [0.25, 0.3) is 5.91 Å². The lowest BCUT2D eigenvalue weighted by Crippen LogP contribution is -2.49. The van der Waals surface area contributed by atoms with Gasteiger partial charge in [0.15, 0.2) is 0 Å². The number of carbonyl (C=O) groups is 1. The van der Waals surface area contributed by atoms with Crippen LogP contribution in [-0.2, 0) is 0 Å². The minimum absolute atomic E-state index is 0.125. The molecule has 1 fully saturated rings. The van der Waals surface area contributed by atoms with Gasteiger partial charge in [-0.3, -0.25) is 9.78 Å². The van der Waals surface area contributed by atoms with Crippen molar-refractivity contribution in [2.24, 2.45) is 0 Å². The SMILES string of the molecule is Cc1nc2c(C)cccc2cc1C(=O)N1CCC[C@H](N(C)CCCN(C)C)C1. The lowest BCUT2D eigenvalue weighted by atomic mass is 10.0. The first-order valence-electron chi connectivity index (χ1n) is 10.4. The van der Waals surface area contributed by atoms with Crippen LogP contribution in [0.15, 0.2) is 24.3 Å². The number of likely N-dealkylation sites (tertiary alicyclic amines) is 1. The van der Waals surface area contributed by atoms with Gasteiger partial charge >= 0.3 is 0 Å². The molecule has 2 aromatic rings. The molecule has 1 atom stereocenters. The van der Waals surface area contributed by atoms with Crippen LogP contribution in [0.3, 0.4) is 0 Å². The number of amides is 1. The van der Waals surface area contributed by atoms with Crippen LogP contribution in [0.5, 0.6) is 0 Å². The smallest absolute Gasteiger partial charge is 0.255 e. The predicted molar refractivity (Wildman–Crippen MR) is 116 cm³/mol. The van der Waals surface area contributed by atoms with Gasteiger partial charge in [-0.25, -0.2) is 0 Å². The van der Waals surface area contributed by atoms with Crippen molar-refractivity contribution in [2.45, 2.75) is 39.2 Å². The predicted octanol–water partition coefficient (Wildman–Crippen LogP) is 3.34. The molecule has 0 radical (unpaired) electrons. The Morgan fingerprint density at radius 1 is 1.21 bits per heavy atom. The molecule has 28 heavy (non-hydrogen) atoms. The molecule has 0 aliphatic carbocycles. The van der Waals surface area contributed by atoms with Gasteiger partial charge in [0.1, 0.15) is 0 Å². The van der Waals surface area contributed by atoms with Crippen LogP contribution in [0.25, 0.3) is 10.9 Å². The van der Waals surface area contributed by atoms with Gasteiger partial charge in [-0.1, -0.05) is 18.2 Å². The van der Waals surface area contributed by atoms with E-state index in [1.54, 1.807) is 0 Å². The maximum Gasteiger partial charge on any atom is 0.255 e. The number of pyridine rings is 1. The lowest BCUT2D eigenvalue weighted by Gasteiger charge is -2.38. The van der Waals surface area contributed by atoms with E-state index in [1.807, 2.05) is 30.0 Å². The highest BCUT2D eigenvalue weighted by molar-refractivity contribution is 5.99. The summed E-state index contributed by atoms with van der Waals surface area (Å²) in [5, 5.41) is 1.04. The molecule has 0 bridgehead atoms. The van der Waals surface area contributed by atoms with Crippen molar-refractivity contribution in [1.29, 1.82) is 0 Å². The van der Waals surface area contributed by atoms with Crippen molar-refractivity contribution in [3.63, 3.8) is 0 Å². The molecule has 1 amide bonds. The summed E-state index contributed by atoms with van der Waals surface area (Å²) in [6.45, 7) is 7.84. The topological polar surface area (TPSA) is 39.7 Å². The monoisotopic (exact) mass is 382 g/mol. The molecule has 1 saturated heterocycles. The first-order valence-corrected chi connectivity index (χ1v) is 10.4. The largest absolute Gasteiger partial charge is 0.337 e. The number of aryl methyl sites for hydroxylation is 2. The molecule has 152 valence electrons. The second kappa shape index (κ2) is 9.01. The fourth-order valence-electron chi connectivity index (χ4n) is 4.14. The Hall–Kier alpha value is -1.98. The number of benzene rings is 1. The average molecular weight is 383 g/mol. The Morgan fingerprint density at radius 2 is 2.00 bits per heavy atom. The fraction of sp³-hybridized carbons (Fsp3) is 0.565. The Bertz CT molecular complexity index is 833. The molecule has 2 heterocycles. The molecular formula is C23H34N4O. The molecule has 5 nitrogen and oxygen atoms in total. The van der Waals surface area contributed by atoms with Crippen LogP contribution in [0.2, 0.25) is 0 Å². The van der Waals surface area contributed by atoms with Gasteiger partial charge in [0.2, 0.25) is 0 Å². The summed E-state index contributed by atoms with van der Waals surface area (Å²) < 4.78 is 0. The number of rotatable bonds is 6. The highest BCUT2D eigenvalue weighted by Crippen LogP contribution is 2.23. The maximum atomic E-state index is 13.3. The molecule has 0 unspecified atom stereocenters. The second-order valence-corrected chi connectivity index (χ2v) is 8.45. The van der Waals surface area contributed by atoms with Crippen molar-refractivity contribution in [3.8, 4) is 0 Å². The van der Waals surface area contributed by atoms with E-state index in [0.717, 1.165) is 73.2 Å². The van der Waals surface area contributed by atoms with Crippen molar-refractivity contribution in [2.75, 3.05) is 47.3 Å². The van der Waals surface area contributed by atoms with Crippen LogP contribution in [0.4, 0.5) is 0 Å². The van der Waals surface area contributed by atoms with E-state index >= 15 is 0 Å². The van der Waals surface area contributed by atoms with Gasteiger partial charge in [-0.15, -0.1) is 0 Å². The zero-order valence-electron chi connectivity index (χ0n) is 18.0. The van der Waals surface area contributed by atoms with E-state index in [0.29, 0.717) is 6.04 Å². The number of likely N-dealkylation sites (N-methyl/N-ethyl adjacent to an activating group) is 1. The Kier molecular flexibility index (Phi) is 6.68. The second-order valence-electron chi connectivity index (χ2n) is 8.45. The van der Waals surface area contributed by atoms with Crippen LogP contribution >= 0.6 is 0 Å². The average Bonchev–Trinajstić information content (AvgIpc) is 2.67. The molecule has 0 saturated carbocycles. The number of hydrogen-bond donors (Lipinski definition) is 0. The number of nitrogens with zero attached hydrogens (tertiary/aromatic N) is 4. The fourth-order valence-corrected chi connectivity index (χ4v) is 4.14. The first-order chi connectivity index (χ1) is 13.4. The van der Waals surface area contributed by atoms with Gasteiger partial charge in [-0.2, -0.15) is 0 Å². The number of fused-ring (bicyclic) bond motifs is 1. The third kappa shape index (κ3) is 4.70. The summed E-state index contributed by atoms with van der Waals surface area (Å²) in [5.74, 6) is 0.125. The van der Waals surface area contributed by atoms with E-state index < -0.39 is 0 Å². The Balaban J connectivity index is 1.72. The molecule has 1 aromatic carbocycles. The number of hydrogen-bond acceptors (Lipinski definition) is 4. The molecule has 0 N–H and O–H groups in total. The zero-order valence-corrected chi connectivity index (χ0v) is 18.0. The van der Waals surface area contributed by atoms with Crippen LogP contribution < -0.4 is 0 Å². The minimum Gasteiger partial charge on any atom is -0.337 e. The summed E-state index contributed by atoms with van der Waals surface area (Å²) in [6.07, 6.45) is 3.38. The summed E-state index contributed by atoms with van der Waals surface area (Å²) >= 11 is 0. The van der Waals surface area contributed by atoms with Gasteiger partial charge in [0.05, 0.1) is 16.8 Å². The van der Waals surface area contributed by atoms with E-state index in [4.69, 9.17) is 4.98 Å². The molecule has 3 rings (SSSR count). The quantitative estimate of drug-likeness (QED) is 0.768. The van der Waals surface area contributed by atoms with Gasteiger partial charge in [0, 0.05) is 24.5 Å². The normalized spacial score (nSPS) is 17.7. The van der Waals surface area contributed by atoms with Crippen LogP contribution in [-0.4, -0.2) is 79.0 Å². The van der Waals surface area contributed by atoms with Crippen molar-refractivity contribution < 1.29 is 4.79 Å². The number of carbonyl (C=O) groups excluding carboxylic acids is 1. The summed E-state index contributed by atoms with van der Waals surface area (Å²) in [4.78, 5) is 24.7. The first kappa shape index (κ1) is 20.7. The van der Waals surface area contributed by atoms with E-state index in [-0.39, 0.29) is 5.91 Å². The highest BCUT2D eigenvalue weighted by Gasteiger charge is 2.28. The molecular weight excluding hydrogens is 348 g/mol. The Morgan fingerprint density at radius 3 is 2.75 bits per heavy atom. The van der Waals surface area contributed by atoms with Gasteiger partial charge in [-0.05, 0) is 79.0 Å². The van der Waals surface area contributed by atoms with Gasteiger partial charge < -0.3 is 14.7 Å². The highest BCUT2D eigenvalue weighted by atomic mass is 16.2. The van der Waals surface area contributed by atoms with E-state index in [1.165, 1.54) is 0 Å². The van der Waals surface area contributed by atoms with E-state index in [9.17, 15) is 4.79 Å². The van der Waals surface area contributed by atoms with E-state index in [2.05, 4.69) is 43.9 Å². The molecule has 1 aliphatic rings. The Labute approximate surface area is 169 Å². The lowest BCUT2D eigenvalue weighted by molar-refractivity contribution is 0.0606.